The van der Waals surface area contributed by atoms with Crippen LogP contribution in [0.5, 0.6) is 0 Å². The van der Waals surface area contributed by atoms with Crippen LogP contribution in [0, 0.1) is 11.3 Å². The molecule has 1 aromatic heterocycles. The van der Waals surface area contributed by atoms with E-state index in [9.17, 15) is 0 Å². The van der Waals surface area contributed by atoms with Crippen molar-refractivity contribution in [2.24, 2.45) is 0 Å². The van der Waals surface area contributed by atoms with Crippen molar-refractivity contribution in [3.8, 4) is 6.07 Å². The number of nitrogens with zero attached hydrogens (tertiary/aromatic N) is 2. The molecule has 0 saturated carbocycles. The van der Waals surface area contributed by atoms with Gasteiger partial charge in [-0.05, 0) is 6.07 Å². The van der Waals surface area contributed by atoms with E-state index >= 15 is 0 Å². The van der Waals surface area contributed by atoms with Crippen LogP contribution in [0.3, 0.4) is 0 Å². The molecule has 1 aromatic rings. The number of aromatic nitrogens is 1. The molecular formula is C8H5ClN2. The molecule has 0 N–H and O–H groups in total. The second-order valence-electron chi connectivity index (χ2n) is 1.87. The normalized spacial score (nSPS) is 8.73. The number of hydrogen-bond donors (Lipinski definition) is 0. The first-order valence-electron chi connectivity index (χ1n) is 2.96. The van der Waals surface area contributed by atoms with Gasteiger partial charge in [0.2, 0.25) is 0 Å². The van der Waals surface area contributed by atoms with Crippen LogP contribution >= 0.6 is 11.6 Å². The van der Waals surface area contributed by atoms with Crippen LogP contribution in [0.1, 0.15) is 11.3 Å². The zero-order valence-corrected chi connectivity index (χ0v) is 6.47. The fraction of sp³-hybridized carbons (Fsp3) is 0. The van der Waals surface area contributed by atoms with Crippen molar-refractivity contribution in [3.05, 3.63) is 35.1 Å². The maximum Gasteiger partial charge on any atom is 0.149 e. The lowest BCUT2D eigenvalue weighted by molar-refractivity contribution is 1.25. The molecule has 0 amide bonds. The number of nitriles is 1. The van der Waals surface area contributed by atoms with Gasteiger partial charge in [-0.25, -0.2) is 4.98 Å². The summed E-state index contributed by atoms with van der Waals surface area (Å²) >= 11 is 5.75. The molecule has 0 aliphatic rings. The highest BCUT2D eigenvalue weighted by molar-refractivity contribution is 6.32. The van der Waals surface area contributed by atoms with Gasteiger partial charge in [0.05, 0.1) is 5.02 Å². The van der Waals surface area contributed by atoms with Crippen LogP contribution in [-0.4, -0.2) is 4.98 Å². The monoisotopic (exact) mass is 164 g/mol. The first-order chi connectivity index (χ1) is 5.29. The molecule has 1 rings (SSSR count). The maximum atomic E-state index is 8.56. The van der Waals surface area contributed by atoms with E-state index in [0.717, 1.165) is 0 Å². The van der Waals surface area contributed by atoms with Gasteiger partial charge in [-0.3, -0.25) is 0 Å². The van der Waals surface area contributed by atoms with Crippen molar-refractivity contribution in [1.82, 2.24) is 4.98 Å². The molecule has 1 heterocycles. The predicted molar refractivity (Wildman–Crippen MR) is 44.1 cm³/mol. The van der Waals surface area contributed by atoms with Gasteiger partial charge in [0, 0.05) is 11.8 Å². The Morgan fingerprint density at radius 1 is 1.73 bits per heavy atom. The molecular weight excluding hydrogens is 160 g/mol. The highest BCUT2D eigenvalue weighted by Crippen LogP contribution is 2.17. The first-order valence-corrected chi connectivity index (χ1v) is 3.34. The summed E-state index contributed by atoms with van der Waals surface area (Å²) in [6.45, 7) is 3.52. The van der Waals surface area contributed by atoms with E-state index in [4.69, 9.17) is 16.9 Å². The van der Waals surface area contributed by atoms with E-state index in [1.165, 1.54) is 12.3 Å². The summed E-state index contributed by atoms with van der Waals surface area (Å²) < 4.78 is 0. The molecule has 0 unspecified atom stereocenters. The smallest absolute Gasteiger partial charge is 0.149 e. The van der Waals surface area contributed by atoms with Crippen molar-refractivity contribution >= 4 is 17.7 Å². The Labute approximate surface area is 69.8 Å². The van der Waals surface area contributed by atoms with Gasteiger partial charge in [-0.15, -0.1) is 0 Å². The molecule has 0 aliphatic carbocycles. The van der Waals surface area contributed by atoms with Gasteiger partial charge in [0.25, 0.3) is 0 Å². The van der Waals surface area contributed by atoms with Crippen LogP contribution in [-0.2, 0) is 0 Å². The third-order valence-corrected chi connectivity index (χ3v) is 1.58. The van der Waals surface area contributed by atoms with Crippen LogP contribution < -0.4 is 0 Å². The molecule has 0 fully saturated rings. The largest absolute Gasteiger partial charge is 0.245 e. The van der Waals surface area contributed by atoms with Crippen molar-refractivity contribution in [3.63, 3.8) is 0 Å². The zero-order valence-electron chi connectivity index (χ0n) is 5.71. The highest BCUT2D eigenvalue weighted by atomic mass is 35.5. The van der Waals surface area contributed by atoms with Crippen molar-refractivity contribution in [1.29, 1.82) is 5.26 Å². The molecule has 54 valence electrons. The number of halogens is 1. The van der Waals surface area contributed by atoms with E-state index < -0.39 is 0 Å². The van der Waals surface area contributed by atoms with Gasteiger partial charge in [0.1, 0.15) is 11.8 Å². The van der Waals surface area contributed by atoms with Gasteiger partial charge < -0.3 is 0 Å². The lowest BCUT2D eigenvalue weighted by Gasteiger charge is -1.97. The van der Waals surface area contributed by atoms with Gasteiger partial charge in [0.15, 0.2) is 0 Å². The Kier molecular flexibility index (Phi) is 2.25. The Balaban J connectivity index is 3.38. The number of pyridine rings is 1. The maximum absolute atomic E-state index is 8.56. The minimum atomic E-state index is 0.313. The number of hydrogen-bond acceptors (Lipinski definition) is 2. The Morgan fingerprint density at radius 3 is 2.91 bits per heavy atom. The number of rotatable bonds is 1. The zero-order chi connectivity index (χ0) is 8.27. The molecule has 0 radical (unpaired) electrons. The molecule has 0 bridgehead atoms. The Morgan fingerprint density at radius 2 is 2.45 bits per heavy atom. The lowest BCUT2D eigenvalue weighted by atomic mass is 10.2. The van der Waals surface area contributed by atoms with Crippen molar-refractivity contribution in [2.45, 2.75) is 0 Å². The molecule has 11 heavy (non-hydrogen) atoms. The Hall–Kier alpha value is -1.33. The SMILES string of the molecule is C=Cc1c(Cl)ccnc1C#N. The van der Waals surface area contributed by atoms with E-state index in [0.29, 0.717) is 16.3 Å². The topological polar surface area (TPSA) is 36.7 Å². The minimum Gasteiger partial charge on any atom is -0.245 e. The fourth-order valence-corrected chi connectivity index (χ4v) is 0.956. The van der Waals surface area contributed by atoms with Crippen LogP contribution in [0.2, 0.25) is 5.02 Å². The van der Waals surface area contributed by atoms with E-state index in [1.807, 2.05) is 6.07 Å². The average molecular weight is 165 g/mol. The average Bonchev–Trinajstić information content (AvgIpc) is 2.04. The van der Waals surface area contributed by atoms with Crippen LogP contribution in [0.15, 0.2) is 18.8 Å². The molecule has 0 spiro atoms. The summed E-state index contributed by atoms with van der Waals surface area (Å²) in [6.07, 6.45) is 3.02. The molecule has 3 heteroatoms. The van der Waals surface area contributed by atoms with E-state index in [2.05, 4.69) is 11.6 Å². The standard InChI is InChI=1S/C8H5ClN2/c1-2-6-7(9)3-4-11-8(6)5-10/h2-4H,1H2. The third-order valence-electron chi connectivity index (χ3n) is 1.25. The highest BCUT2D eigenvalue weighted by Gasteiger charge is 2.02. The third kappa shape index (κ3) is 1.39. The van der Waals surface area contributed by atoms with E-state index in [-0.39, 0.29) is 0 Å². The summed E-state index contributed by atoms with van der Waals surface area (Å²) in [4.78, 5) is 3.81. The quantitative estimate of drug-likeness (QED) is 0.639. The summed E-state index contributed by atoms with van der Waals surface area (Å²) in [5, 5.41) is 9.06. The van der Waals surface area contributed by atoms with Gasteiger partial charge >= 0.3 is 0 Å². The summed E-state index contributed by atoms with van der Waals surface area (Å²) in [6, 6.07) is 3.54. The lowest BCUT2D eigenvalue weighted by Crippen LogP contribution is -1.86. The Bertz CT molecular complexity index is 325. The summed E-state index contributed by atoms with van der Waals surface area (Å²) in [5.41, 5.74) is 0.907. The second-order valence-corrected chi connectivity index (χ2v) is 2.28. The van der Waals surface area contributed by atoms with Crippen molar-refractivity contribution < 1.29 is 0 Å². The summed E-state index contributed by atoms with van der Waals surface area (Å²) in [7, 11) is 0. The van der Waals surface area contributed by atoms with E-state index in [1.54, 1.807) is 6.07 Å². The molecule has 2 nitrogen and oxygen atoms in total. The molecule has 0 aliphatic heterocycles. The summed E-state index contributed by atoms with van der Waals surface area (Å²) in [5.74, 6) is 0. The molecule has 0 saturated heterocycles. The van der Waals surface area contributed by atoms with Crippen LogP contribution in [0.25, 0.3) is 6.08 Å². The molecule has 0 aromatic carbocycles. The van der Waals surface area contributed by atoms with Gasteiger partial charge in [-0.1, -0.05) is 24.3 Å². The van der Waals surface area contributed by atoms with Crippen molar-refractivity contribution in [2.75, 3.05) is 0 Å². The minimum absolute atomic E-state index is 0.313. The first kappa shape index (κ1) is 7.77. The molecule has 0 atom stereocenters. The predicted octanol–water partition coefficient (Wildman–Crippen LogP) is 2.25. The second kappa shape index (κ2) is 3.18. The van der Waals surface area contributed by atoms with Gasteiger partial charge in [-0.2, -0.15) is 5.26 Å². The fourth-order valence-electron chi connectivity index (χ4n) is 0.733. The van der Waals surface area contributed by atoms with Crippen LogP contribution in [0.4, 0.5) is 0 Å².